The lowest BCUT2D eigenvalue weighted by Gasteiger charge is -2.46. The molecule has 1 aromatic rings. The monoisotopic (exact) mass is 403 g/mol. The predicted octanol–water partition coefficient (Wildman–Crippen LogP) is 1.64. The lowest BCUT2D eigenvalue weighted by Crippen LogP contribution is -2.52. The van der Waals surface area contributed by atoms with Crippen molar-refractivity contribution >= 4 is 17.7 Å². The molecule has 1 aromatic heterocycles. The summed E-state index contributed by atoms with van der Waals surface area (Å²) in [6.45, 7) is 6.07. The third kappa shape index (κ3) is 3.42. The van der Waals surface area contributed by atoms with Gasteiger partial charge in [0, 0.05) is 75.1 Å². The average Bonchev–Trinajstić information content (AvgIpc) is 2.75. The summed E-state index contributed by atoms with van der Waals surface area (Å²) in [6.07, 6.45) is 3.40. The van der Waals surface area contributed by atoms with Crippen molar-refractivity contribution in [3.8, 4) is 0 Å². The third-order valence-corrected chi connectivity index (χ3v) is 7.81. The second-order valence-electron chi connectivity index (χ2n) is 8.59. The molecule has 0 unspecified atom stereocenters. The normalized spacial score (nSPS) is 28.8. The van der Waals surface area contributed by atoms with Crippen molar-refractivity contribution in [3.63, 3.8) is 0 Å². The molecule has 0 spiro atoms. The zero-order chi connectivity index (χ0) is 19.1. The molecular weight excluding hydrogens is 374 g/mol. The fourth-order valence-electron chi connectivity index (χ4n) is 5.43. The van der Waals surface area contributed by atoms with Crippen LogP contribution in [-0.2, 0) is 11.3 Å². The van der Waals surface area contributed by atoms with Crippen LogP contribution in [0.1, 0.15) is 41.2 Å². The van der Waals surface area contributed by atoms with Crippen LogP contribution < -0.4 is 5.56 Å². The number of carbonyl (C=O) groups is 1. The molecular formula is C21H29N3O3S. The van der Waals surface area contributed by atoms with E-state index < -0.39 is 0 Å². The Hall–Kier alpha value is -1.31. The van der Waals surface area contributed by atoms with Crippen molar-refractivity contribution in [1.29, 1.82) is 0 Å². The summed E-state index contributed by atoms with van der Waals surface area (Å²) in [5.41, 5.74) is 1.41. The molecule has 5 heterocycles. The molecule has 0 N–H and O–H groups in total. The first kappa shape index (κ1) is 18.7. The van der Waals surface area contributed by atoms with E-state index in [-0.39, 0.29) is 11.5 Å². The summed E-state index contributed by atoms with van der Waals surface area (Å²) in [5.74, 6) is 2.75. The molecule has 1 amide bonds. The van der Waals surface area contributed by atoms with Crippen LogP contribution >= 0.6 is 11.8 Å². The first-order valence-electron chi connectivity index (χ1n) is 10.6. The number of nitrogens with zero attached hydrogens (tertiary/aromatic N) is 3. The van der Waals surface area contributed by atoms with Gasteiger partial charge in [0.05, 0.1) is 0 Å². The number of amides is 1. The van der Waals surface area contributed by atoms with E-state index in [9.17, 15) is 9.59 Å². The summed E-state index contributed by atoms with van der Waals surface area (Å²) < 4.78 is 7.46. The SMILES string of the molecule is O=C(c1ccc2n(c1=O)C[C@H]1C[C@@H]2CN(C2CCOCC2)C1)N1CCSCC1. The van der Waals surface area contributed by atoms with Crippen LogP contribution in [0.4, 0.5) is 0 Å². The molecule has 28 heavy (non-hydrogen) atoms. The first-order chi connectivity index (χ1) is 13.7. The van der Waals surface area contributed by atoms with Crippen molar-refractivity contribution in [2.45, 2.75) is 37.8 Å². The molecule has 6 nitrogen and oxygen atoms in total. The van der Waals surface area contributed by atoms with Gasteiger partial charge in [0.2, 0.25) is 0 Å². The minimum Gasteiger partial charge on any atom is -0.381 e. The molecule has 4 aliphatic rings. The minimum atomic E-state index is -0.0832. The van der Waals surface area contributed by atoms with Gasteiger partial charge in [0.15, 0.2) is 0 Å². The highest BCUT2D eigenvalue weighted by molar-refractivity contribution is 7.99. The molecule has 2 bridgehead atoms. The zero-order valence-corrected chi connectivity index (χ0v) is 17.2. The van der Waals surface area contributed by atoms with Crippen LogP contribution in [0.25, 0.3) is 0 Å². The van der Waals surface area contributed by atoms with Crippen LogP contribution in [0.2, 0.25) is 0 Å². The molecule has 0 aliphatic carbocycles. The topological polar surface area (TPSA) is 54.8 Å². The Morgan fingerprint density at radius 3 is 2.64 bits per heavy atom. The van der Waals surface area contributed by atoms with E-state index in [1.807, 2.05) is 21.2 Å². The van der Waals surface area contributed by atoms with Crippen LogP contribution in [0.3, 0.4) is 0 Å². The number of likely N-dealkylation sites (tertiary alicyclic amines) is 1. The van der Waals surface area contributed by atoms with Crippen LogP contribution in [0, 0.1) is 5.92 Å². The lowest BCUT2D eigenvalue weighted by molar-refractivity contribution is 0.00584. The van der Waals surface area contributed by atoms with Gasteiger partial charge in [0.25, 0.3) is 11.5 Å². The maximum atomic E-state index is 13.2. The highest BCUT2D eigenvalue weighted by Crippen LogP contribution is 2.37. The van der Waals surface area contributed by atoms with Gasteiger partial charge >= 0.3 is 0 Å². The van der Waals surface area contributed by atoms with Crippen LogP contribution in [0.15, 0.2) is 16.9 Å². The molecule has 5 rings (SSSR count). The molecule has 3 fully saturated rings. The Labute approximate surface area is 170 Å². The second-order valence-corrected chi connectivity index (χ2v) is 9.81. The van der Waals surface area contributed by atoms with Crippen molar-refractivity contribution in [2.75, 3.05) is 50.9 Å². The highest BCUT2D eigenvalue weighted by Gasteiger charge is 2.38. The molecule has 0 saturated carbocycles. The van der Waals surface area contributed by atoms with Crippen LogP contribution in [0.5, 0.6) is 0 Å². The molecule has 2 atom stereocenters. The van der Waals surface area contributed by atoms with Gasteiger partial charge in [-0.25, -0.2) is 0 Å². The number of aromatic nitrogens is 1. The maximum Gasteiger partial charge on any atom is 0.263 e. The van der Waals surface area contributed by atoms with Gasteiger partial charge in [-0.1, -0.05) is 0 Å². The number of thioether (sulfide) groups is 1. The molecule has 0 aromatic carbocycles. The molecule has 4 aliphatic heterocycles. The van der Waals surface area contributed by atoms with E-state index in [1.54, 1.807) is 6.07 Å². The van der Waals surface area contributed by atoms with Gasteiger partial charge in [-0.2, -0.15) is 11.8 Å². The Morgan fingerprint density at radius 1 is 1.07 bits per heavy atom. The lowest BCUT2D eigenvalue weighted by atomic mass is 9.82. The zero-order valence-electron chi connectivity index (χ0n) is 16.3. The predicted molar refractivity (Wildman–Crippen MR) is 110 cm³/mol. The fraction of sp³-hybridized carbons (Fsp3) is 0.714. The van der Waals surface area contributed by atoms with E-state index in [2.05, 4.69) is 11.0 Å². The molecule has 152 valence electrons. The van der Waals surface area contributed by atoms with E-state index in [4.69, 9.17) is 4.74 Å². The fourth-order valence-corrected chi connectivity index (χ4v) is 6.33. The van der Waals surface area contributed by atoms with Gasteiger partial charge < -0.3 is 14.2 Å². The number of fused-ring (bicyclic) bond motifs is 4. The Morgan fingerprint density at radius 2 is 1.86 bits per heavy atom. The average molecular weight is 404 g/mol. The summed E-state index contributed by atoms with van der Waals surface area (Å²) in [7, 11) is 0. The highest BCUT2D eigenvalue weighted by atomic mass is 32.2. The molecule has 0 radical (unpaired) electrons. The van der Waals surface area contributed by atoms with Crippen molar-refractivity contribution in [1.82, 2.24) is 14.4 Å². The van der Waals surface area contributed by atoms with Crippen molar-refractivity contribution < 1.29 is 9.53 Å². The third-order valence-electron chi connectivity index (χ3n) is 6.87. The number of ether oxygens (including phenoxy) is 1. The Kier molecular flexibility index (Phi) is 5.24. The summed E-state index contributed by atoms with van der Waals surface area (Å²) in [5, 5.41) is 0. The van der Waals surface area contributed by atoms with Gasteiger partial charge in [-0.3, -0.25) is 14.5 Å². The molecule has 7 heteroatoms. The first-order valence-corrected chi connectivity index (χ1v) is 11.8. The van der Waals surface area contributed by atoms with Gasteiger partial charge in [0.1, 0.15) is 5.56 Å². The van der Waals surface area contributed by atoms with Gasteiger partial charge in [-0.05, 0) is 37.3 Å². The van der Waals surface area contributed by atoms with Gasteiger partial charge in [-0.15, -0.1) is 0 Å². The van der Waals surface area contributed by atoms with Crippen molar-refractivity contribution in [3.05, 3.63) is 33.7 Å². The maximum absolute atomic E-state index is 13.2. The quantitative estimate of drug-likeness (QED) is 0.751. The number of hydrogen-bond acceptors (Lipinski definition) is 5. The van der Waals surface area contributed by atoms with E-state index in [1.165, 1.54) is 0 Å². The number of piperidine rings is 1. The smallest absolute Gasteiger partial charge is 0.263 e. The summed E-state index contributed by atoms with van der Waals surface area (Å²) >= 11 is 1.87. The number of carbonyl (C=O) groups excluding carboxylic acids is 1. The number of pyridine rings is 1. The number of rotatable bonds is 2. The van der Waals surface area contributed by atoms with Crippen molar-refractivity contribution in [2.24, 2.45) is 5.92 Å². The summed E-state index contributed by atoms with van der Waals surface area (Å²) in [6, 6.07) is 4.48. The van der Waals surface area contributed by atoms with E-state index in [0.29, 0.717) is 23.4 Å². The standard InChI is InChI=1S/C21H29N3O3S/c25-20(22-5-9-28-10-6-22)18-1-2-19-16-11-15(13-24(19)21(18)26)12-23(14-16)17-3-7-27-8-4-17/h1-2,15-17H,3-14H2/t15-,16+/m0/s1. The second kappa shape index (κ2) is 7.84. The summed E-state index contributed by atoms with van der Waals surface area (Å²) in [4.78, 5) is 30.6. The molecule has 3 saturated heterocycles. The Bertz CT molecular complexity index is 799. The Balaban J connectivity index is 1.39. The number of hydrogen-bond donors (Lipinski definition) is 0. The van der Waals surface area contributed by atoms with Crippen LogP contribution in [-0.4, -0.2) is 77.2 Å². The van der Waals surface area contributed by atoms with E-state index >= 15 is 0 Å². The largest absolute Gasteiger partial charge is 0.381 e. The minimum absolute atomic E-state index is 0.0741. The van der Waals surface area contributed by atoms with E-state index in [0.717, 1.165) is 82.4 Å².